The Bertz CT molecular complexity index is 607. The Morgan fingerprint density at radius 3 is 2.64 bits per heavy atom. The maximum Gasteiger partial charge on any atom is 0.335 e. The zero-order valence-electron chi connectivity index (χ0n) is 12.8. The average Bonchev–Trinajstić information content (AvgIpc) is 3.31. The second kappa shape index (κ2) is 5.63. The molecule has 2 atom stereocenters. The van der Waals surface area contributed by atoms with Gasteiger partial charge in [0.25, 0.3) is 0 Å². The van der Waals surface area contributed by atoms with Crippen LogP contribution < -0.4 is 10.1 Å². The first-order chi connectivity index (χ1) is 10.5. The van der Waals surface area contributed by atoms with Crippen LogP contribution in [0.15, 0.2) is 18.2 Å². The van der Waals surface area contributed by atoms with Crippen LogP contribution in [0.4, 0.5) is 5.69 Å². The summed E-state index contributed by atoms with van der Waals surface area (Å²) in [6.07, 6.45) is 3.39. The predicted octanol–water partition coefficient (Wildman–Crippen LogP) is 3.16. The van der Waals surface area contributed by atoms with E-state index in [-0.39, 0.29) is 23.5 Å². The molecule has 0 bridgehead atoms. The van der Waals surface area contributed by atoms with Crippen LogP contribution in [0.3, 0.4) is 0 Å². The van der Waals surface area contributed by atoms with Crippen LogP contribution in [0.2, 0.25) is 0 Å². The molecule has 1 aromatic rings. The van der Waals surface area contributed by atoms with E-state index in [9.17, 15) is 9.59 Å². The van der Waals surface area contributed by atoms with Gasteiger partial charge in [0.15, 0.2) is 0 Å². The van der Waals surface area contributed by atoms with Gasteiger partial charge in [0.2, 0.25) is 5.91 Å². The third kappa shape index (κ3) is 3.24. The highest BCUT2D eigenvalue weighted by molar-refractivity contribution is 5.97. The molecule has 2 saturated carbocycles. The molecule has 2 N–H and O–H groups in total. The number of anilines is 1. The highest BCUT2D eigenvalue weighted by Gasteiger charge is 2.51. The molecule has 5 heteroatoms. The molecule has 1 amide bonds. The van der Waals surface area contributed by atoms with Crippen molar-refractivity contribution < 1.29 is 19.4 Å². The molecule has 0 aliphatic heterocycles. The lowest BCUT2D eigenvalue weighted by Gasteiger charge is -2.15. The van der Waals surface area contributed by atoms with E-state index in [0.29, 0.717) is 17.4 Å². The summed E-state index contributed by atoms with van der Waals surface area (Å²) < 4.78 is 5.66. The van der Waals surface area contributed by atoms with Crippen molar-refractivity contribution in [3.63, 3.8) is 0 Å². The molecular weight excluding hydrogens is 282 g/mol. The van der Waals surface area contributed by atoms with Gasteiger partial charge in [-0.3, -0.25) is 4.79 Å². The summed E-state index contributed by atoms with van der Waals surface area (Å²) in [5.74, 6) is 0.802. The Labute approximate surface area is 129 Å². The number of ether oxygens (including phenoxy) is 1. The number of hydrogen-bond donors (Lipinski definition) is 2. The zero-order chi connectivity index (χ0) is 15.9. The van der Waals surface area contributed by atoms with Crippen LogP contribution in [0.5, 0.6) is 5.75 Å². The molecule has 3 rings (SSSR count). The molecule has 118 valence electrons. The number of carboxylic acids is 1. The normalized spacial score (nSPS) is 23.2. The Morgan fingerprint density at radius 2 is 2.05 bits per heavy atom. The van der Waals surface area contributed by atoms with Gasteiger partial charge in [-0.05, 0) is 63.1 Å². The standard InChI is InChI=1S/C17H21NO4/c1-9(2)22-15-6-5-11(17(20)21)7-14(15)18-16(19)13-8-12(13)10-3-4-10/h5-7,9-10,12-13H,3-4,8H2,1-2H3,(H,18,19)(H,20,21). The molecule has 2 aliphatic carbocycles. The predicted molar refractivity (Wildman–Crippen MR) is 82.1 cm³/mol. The summed E-state index contributed by atoms with van der Waals surface area (Å²) >= 11 is 0. The van der Waals surface area contributed by atoms with Crippen molar-refractivity contribution in [2.24, 2.45) is 17.8 Å². The van der Waals surface area contributed by atoms with Gasteiger partial charge in [0, 0.05) is 5.92 Å². The second-order valence-corrected chi connectivity index (χ2v) is 6.52. The van der Waals surface area contributed by atoms with Crippen molar-refractivity contribution in [3.05, 3.63) is 23.8 Å². The molecule has 22 heavy (non-hydrogen) atoms. The van der Waals surface area contributed by atoms with E-state index >= 15 is 0 Å². The van der Waals surface area contributed by atoms with E-state index in [4.69, 9.17) is 9.84 Å². The molecule has 5 nitrogen and oxygen atoms in total. The summed E-state index contributed by atoms with van der Waals surface area (Å²) in [4.78, 5) is 23.4. The lowest BCUT2D eigenvalue weighted by atomic mass is 10.1. The monoisotopic (exact) mass is 303 g/mol. The van der Waals surface area contributed by atoms with E-state index in [1.165, 1.54) is 25.0 Å². The molecule has 0 saturated heterocycles. The minimum absolute atomic E-state index is 0.0203. The largest absolute Gasteiger partial charge is 0.489 e. The Kier molecular flexibility index (Phi) is 3.81. The van der Waals surface area contributed by atoms with Crippen molar-refractivity contribution >= 4 is 17.6 Å². The van der Waals surface area contributed by atoms with Gasteiger partial charge in [0.1, 0.15) is 5.75 Å². The van der Waals surface area contributed by atoms with Gasteiger partial charge in [-0.2, -0.15) is 0 Å². The summed E-state index contributed by atoms with van der Waals surface area (Å²) in [5.41, 5.74) is 0.584. The van der Waals surface area contributed by atoms with Crippen LogP contribution in [0, 0.1) is 17.8 Å². The molecule has 2 unspecified atom stereocenters. The number of amides is 1. The number of aromatic carboxylic acids is 1. The number of carbonyl (C=O) groups is 2. The van der Waals surface area contributed by atoms with Crippen molar-refractivity contribution in [1.82, 2.24) is 0 Å². The van der Waals surface area contributed by atoms with E-state index in [1.807, 2.05) is 13.8 Å². The summed E-state index contributed by atoms with van der Waals surface area (Å²) in [6, 6.07) is 4.55. The molecule has 2 aliphatic rings. The van der Waals surface area contributed by atoms with Gasteiger partial charge < -0.3 is 15.2 Å². The zero-order valence-corrected chi connectivity index (χ0v) is 12.8. The van der Waals surface area contributed by atoms with E-state index in [2.05, 4.69) is 5.32 Å². The van der Waals surface area contributed by atoms with Crippen molar-refractivity contribution in [3.8, 4) is 5.75 Å². The maximum atomic E-state index is 12.3. The topological polar surface area (TPSA) is 75.6 Å². The fourth-order valence-corrected chi connectivity index (χ4v) is 2.90. The Balaban J connectivity index is 1.75. The van der Waals surface area contributed by atoms with E-state index in [1.54, 1.807) is 6.07 Å². The third-order valence-electron chi connectivity index (χ3n) is 4.25. The Hall–Kier alpha value is -2.04. The summed E-state index contributed by atoms with van der Waals surface area (Å²) in [5, 5.41) is 12.0. The van der Waals surface area contributed by atoms with Crippen LogP contribution in [0.25, 0.3) is 0 Å². The number of benzene rings is 1. The molecule has 0 radical (unpaired) electrons. The fourth-order valence-electron chi connectivity index (χ4n) is 2.90. The Morgan fingerprint density at radius 1 is 1.32 bits per heavy atom. The number of hydrogen-bond acceptors (Lipinski definition) is 3. The molecule has 0 heterocycles. The second-order valence-electron chi connectivity index (χ2n) is 6.52. The number of carbonyl (C=O) groups excluding carboxylic acids is 1. The minimum atomic E-state index is -1.02. The first-order valence-electron chi connectivity index (χ1n) is 7.80. The van der Waals surface area contributed by atoms with Gasteiger partial charge in [0.05, 0.1) is 17.4 Å². The van der Waals surface area contributed by atoms with Crippen molar-refractivity contribution in [2.45, 2.75) is 39.2 Å². The van der Waals surface area contributed by atoms with Gasteiger partial charge in [-0.15, -0.1) is 0 Å². The van der Waals surface area contributed by atoms with Gasteiger partial charge >= 0.3 is 5.97 Å². The molecule has 0 aromatic heterocycles. The lowest BCUT2D eigenvalue weighted by molar-refractivity contribution is -0.117. The molecule has 2 fully saturated rings. The average molecular weight is 303 g/mol. The number of carboxylic acid groups (broad SMARTS) is 1. The van der Waals surface area contributed by atoms with Gasteiger partial charge in [-0.25, -0.2) is 4.79 Å². The fraction of sp³-hybridized carbons (Fsp3) is 0.529. The first kappa shape index (κ1) is 14.9. The van der Waals surface area contributed by atoms with Crippen LogP contribution in [-0.4, -0.2) is 23.1 Å². The number of rotatable bonds is 6. The lowest BCUT2D eigenvalue weighted by Crippen LogP contribution is -2.17. The summed E-state index contributed by atoms with van der Waals surface area (Å²) in [7, 11) is 0. The van der Waals surface area contributed by atoms with E-state index < -0.39 is 5.97 Å². The SMILES string of the molecule is CC(C)Oc1ccc(C(=O)O)cc1NC(=O)C1CC1C1CC1. The van der Waals surface area contributed by atoms with Crippen LogP contribution >= 0.6 is 0 Å². The highest BCUT2D eigenvalue weighted by atomic mass is 16.5. The quantitative estimate of drug-likeness (QED) is 0.846. The maximum absolute atomic E-state index is 12.3. The number of nitrogens with one attached hydrogen (secondary N) is 1. The summed E-state index contributed by atoms with van der Waals surface area (Å²) in [6.45, 7) is 3.78. The van der Waals surface area contributed by atoms with Crippen molar-refractivity contribution in [2.75, 3.05) is 5.32 Å². The van der Waals surface area contributed by atoms with Crippen LogP contribution in [0.1, 0.15) is 43.5 Å². The first-order valence-corrected chi connectivity index (χ1v) is 7.80. The molecular formula is C17H21NO4. The minimum Gasteiger partial charge on any atom is -0.489 e. The molecule has 1 aromatic carbocycles. The third-order valence-corrected chi connectivity index (χ3v) is 4.25. The van der Waals surface area contributed by atoms with Crippen LogP contribution in [-0.2, 0) is 4.79 Å². The highest BCUT2D eigenvalue weighted by Crippen LogP contribution is 2.54. The smallest absolute Gasteiger partial charge is 0.335 e. The van der Waals surface area contributed by atoms with Gasteiger partial charge in [-0.1, -0.05) is 0 Å². The van der Waals surface area contributed by atoms with E-state index in [0.717, 1.165) is 12.3 Å². The molecule has 0 spiro atoms. The van der Waals surface area contributed by atoms with Crippen molar-refractivity contribution in [1.29, 1.82) is 0 Å².